The number of aromatic hydroxyl groups is 1. The number of thiocarbonyl (C=S) groups is 1. The molecule has 2 aliphatic rings. The molecule has 0 amide bonds. The summed E-state index contributed by atoms with van der Waals surface area (Å²) in [6.45, 7) is 0.641. The van der Waals surface area contributed by atoms with Crippen molar-refractivity contribution in [1.29, 1.82) is 0 Å². The predicted octanol–water partition coefficient (Wildman–Crippen LogP) is 1.73. The van der Waals surface area contributed by atoms with Crippen LogP contribution in [-0.2, 0) is 6.54 Å². The van der Waals surface area contributed by atoms with Gasteiger partial charge in [0.15, 0.2) is 57.4 Å². The van der Waals surface area contributed by atoms with Crippen LogP contribution in [0.5, 0.6) is 28.7 Å². The quantitative estimate of drug-likeness (QED) is 0.0151. The van der Waals surface area contributed by atoms with E-state index in [9.17, 15) is 19.8 Å². The third-order valence-corrected chi connectivity index (χ3v) is 10.1. The minimum absolute atomic E-state index is 0.000728. The number of carbonyl (C=O) groups is 1. The van der Waals surface area contributed by atoms with E-state index in [0.717, 1.165) is 0 Å². The van der Waals surface area contributed by atoms with Crippen LogP contribution in [-0.4, -0.2) is 97.7 Å². The number of aliphatic imine (C=N–C) groups is 4. The van der Waals surface area contributed by atoms with Crippen LogP contribution in [0.2, 0.25) is 0 Å². The highest BCUT2D eigenvalue weighted by Crippen LogP contribution is 2.47. The van der Waals surface area contributed by atoms with E-state index in [1.165, 1.54) is 30.3 Å². The standard InChI is InChI=1S/C46H52N14O9S/c47-42(48)55-12-16-65-34-3-1-2-29(39(34)67-18-14-57-44(51)52)30-8-4-24(38(66-17-13-56-43(49)50)40(30)68-19-15-58-45(53)54)23-59-46(70)60-25-5-9-28(33(20-25)41(63)64)37-31-10-6-26(61)21-35(31)69-36-22-27(62)7-11-32(36)37/h1-11,20-22,61H,12-19,23H2,(H,63,64)(H4,47,48,55)(H4,49,50,56)(H4,51,52,57)(H4,53,54,58)(H2,59,60,70). The number of carboxylic acids is 1. The van der Waals surface area contributed by atoms with Crippen molar-refractivity contribution in [3.8, 4) is 62.3 Å². The summed E-state index contributed by atoms with van der Waals surface area (Å²) in [5.74, 6) is -0.419. The summed E-state index contributed by atoms with van der Waals surface area (Å²) in [6, 6.07) is 22.2. The lowest BCUT2D eigenvalue weighted by Crippen LogP contribution is -2.28. The van der Waals surface area contributed by atoms with Gasteiger partial charge in [0.1, 0.15) is 43.5 Å². The maximum Gasteiger partial charge on any atom is 0.336 e. The van der Waals surface area contributed by atoms with E-state index in [1.807, 2.05) is 0 Å². The number of ether oxygens (including phenoxy) is 4. The first kappa shape index (κ1) is 50.2. The fourth-order valence-corrected chi connectivity index (χ4v) is 7.25. The van der Waals surface area contributed by atoms with Gasteiger partial charge in [-0.15, -0.1) is 0 Å². The summed E-state index contributed by atoms with van der Waals surface area (Å²) in [5, 5.41) is 27.6. The number of nitrogens with two attached hydrogens (primary N) is 8. The Balaban J connectivity index is 1.36. The summed E-state index contributed by atoms with van der Waals surface area (Å²) >= 11 is 5.73. The van der Waals surface area contributed by atoms with Gasteiger partial charge in [-0.05, 0) is 66.3 Å². The topological polar surface area (TPSA) is 406 Å². The normalized spacial score (nSPS) is 10.7. The number of aromatic carboxylic acids is 1. The van der Waals surface area contributed by atoms with Crippen molar-refractivity contribution in [2.75, 3.05) is 57.9 Å². The number of guanidine groups is 4. The molecule has 366 valence electrons. The summed E-state index contributed by atoms with van der Waals surface area (Å²) in [7, 11) is 0. The largest absolute Gasteiger partial charge is 0.508 e. The van der Waals surface area contributed by atoms with Crippen LogP contribution in [0.15, 0.2) is 114 Å². The smallest absolute Gasteiger partial charge is 0.336 e. The van der Waals surface area contributed by atoms with Gasteiger partial charge < -0.3 is 90.1 Å². The monoisotopic (exact) mass is 976 g/mol. The summed E-state index contributed by atoms with van der Waals surface area (Å²) in [6.07, 6.45) is 0. The Morgan fingerprint density at radius 1 is 0.629 bits per heavy atom. The molecular weight excluding hydrogens is 925 g/mol. The van der Waals surface area contributed by atoms with Crippen molar-refractivity contribution in [2.45, 2.75) is 6.54 Å². The van der Waals surface area contributed by atoms with Gasteiger partial charge in [-0.25, -0.2) is 4.79 Å². The maximum atomic E-state index is 12.9. The summed E-state index contributed by atoms with van der Waals surface area (Å²) in [5.41, 5.74) is 47.7. The predicted molar refractivity (Wildman–Crippen MR) is 273 cm³/mol. The molecule has 0 bridgehead atoms. The molecule has 0 aromatic heterocycles. The minimum Gasteiger partial charge on any atom is -0.508 e. The Morgan fingerprint density at radius 2 is 1.20 bits per heavy atom. The number of phenols is 1. The highest BCUT2D eigenvalue weighted by molar-refractivity contribution is 7.80. The number of nitrogens with one attached hydrogen (secondary N) is 2. The fraction of sp³-hybridized carbons (Fsp3) is 0.196. The fourth-order valence-electron chi connectivity index (χ4n) is 7.06. The van der Waals surface area contributed by atoms with Crippen LogP contribution in [0.1, 0.15) is 15.9 Å². The number of para-hydroxylation sites is 1. The van der Waals surface area contributed by atoms with Crippen LogP contribution >= 0.6 is 12.2 Å². The highest BCUT2D eigenvalue weighted by atomic mass is 32.1. The number of fused-ring (bicyclic) bond motifs is 2. The molecule has 0 saturated heterocycles. The average molecular weight is 977 g/mol. The third-order valence-electron chi connectivity index (χ3n) is 9.90. The third kappa shape index (κ3) is 13.2. The van der Waals surface area contributed by atoms with Crippen LogP contribution < -0.4 is 80.9 Å². The molecule has 4 aromatic carbocycles. The Labute approximate surface area is 405 Å². The van der Waals surface area contributed by atoms with Gasteiger partial charge in [-0.3, -0.25) is 24.8 Å². The second-order valence-electron chi connectivity index (χ2n) is 14.9. The lowest BCUT2D eigenvalue weighted by Gasteiger charge is -2.22. The van der Waals surface area contributed by atoms with Gasteiger partial charge in [0, 0.05) is 57.6 Å². The molecule has 6 rings (SSSR count). The van der Waals surface area contributed by atoms with Crippen molar-refractivity contribution in [3.05, 3.63) is 106 Å². The highest BCUT2D eigenvalue weighted by Gasteiger charge is 2.25. The molecule has 70 heavy (non-hydrogen) atoms. The van der Waals surface area contributed by atoms with E-state index in [-0.39, 0.29) is 128 Å². The van der Waals surface area contributed by atoms with Crippen LogP contribution in [0.3, 0.4) is 0 Å². The molecule has 24 heteroatoms. The SMILES string of the molecule is NC(N)=NCCOc1cccc(-c2ccc(CNC(=S)Nc3ccc(-c4c5ccc(=O)cc-5oc5cc(O)ccc45)c(C(=O)O)c3)c(OCCN=C(N)N)c2OCCN=C(N)N)c1OCCN=C(N)N. The van der Waals surface area contributed by atoms with Crippen LogP contribution in [0.4, 0.5) is 5.69 Å². The number of nitrogens with zero attached hydrogens (tertiary/aromatic N) is 4. The zero-order chi connectivity index (χ0) is 50.3. The Kier molecular flexibility index (Phi) is 16.9. The molecule has 1 aliphatic carbocycles. The maximum absolute atomic E-state index is 12.9. The second-order valence-corrected chi connectivity index (χ2v) is 15.3. The molecule has 0 unspecified atom stereocenters. The Morgan fingerprint density at radius 3 is 1.83 bits per heavy atom. The van der Waals surface area contributed by atoms with E-state index in [1.54, 1.807) is 54.6 Å². The van der Waals surface area contributed by atoms with Gasteiger partial charge >= 0.3 is 5.97 Å². The number of hydrogen-bond acceptors (Lipinski definition) is 13. The number of hydrogen-bond donors (Lipinski definition) is 12. The van der Waals surface area contributed by atoms with Crippen molar-refractivity contribution in [3.63, 3.8) is 0 Å². The number of rotatable bonds is 22. The molecule has 0 radical (unpaired) electrons. The lowest BCUT2D eigenvalue weighted by atomic mass is 9.90. The minimum atomic E-state index is -1.24. The zero-order valence-electron chi connectivity index (χ0n) is 37.5. The first-order chi connectivity index (χ1) is 33.6. The molecule has 4 aromatic rings. The molecule has 1 aliphatic heterocycles. The molecule has 0 spiro atoms. The van der Waals surface area contributed by atoms with Crippen LogP contribution in [0.25, 0.3) is 44.5 Å². The first-order valence-corrected chi connectivity index (χ1v) is 21.6. The lowest BCUT2D eigenvalue weighted by molar-refractivity contribution is 0.0697. The van der Waals surface area contributed by atoms with E-state index in [0.29, 0.717) is 56.0 Å². The van der Waals surface area contributed by atoms with E-state index >= 15 is 0 Å². The van der Waals surface area contributed by atoms with Gasteiger partial charge in [0.25, 0.3) is 0 Å². The zero-order valence-corrected chi connectivity index (χ0v) is 38.3. The summed E-state index contributed by atoms with van der Waals surface area (Å²) in [4.78, 5) is 41.4. The Bertz CT molecular complexity index is 3020. The molecule has 23 nitrogen and oxygen atoms in total. The van der Waals surface area contributed by atoms with Gasteiger partial charge in [0.05, 0.1) is 31.7 Å². The number of benzene rings is 5. The van der Waals surface area contributed by atoms with Crippen molar-refractivity contribution in [1.82, 2.24) is 5.32 Å². The van der Waals surface area contributed by atoms with Crippen molar-refractivity contribution in [2.24, 2.45) is 65.8 Å². The molecular formula is C46H52N14O9S. The molecule has 0 saturated carbocycles. The Hall–Kier alpha value is -9.19. The molecule has 0 atom stereocenters. The number of carboxylic acid groups (broad SMARTS) is 1. The number of phenolic OH excluding ortho intramolecular Hbond substituents is 1. The van der Waals surface area contributed by atoms with E-state index in [2.05, 4.69) is 30.6 Å². The van der Waals surface area contributed by atoms with Crippen molar-refractivity contribution < 1.29 is 38.4 Å². The van der Waals surface area contributed by atoms with Crippen LogP contribution in [0, 0.1) is 0 Å². The van der Waals surface area contributed by atoms with E-state index in [4.69, 9.17) is 81.5 Å². The van der Waals surface area contributed by atoms with Gasteiger partial charge in [-0.1, -0.05) is 24.3 Å². The number of anilines is 1. The van der Waals surface area contributed by atoms with Crippen molar-refractivity contribution >= 4 is 63.8 Å². The summed E-state index contributed by atoms with van der Waals surface area (Å²) < 4.78 is 31.1. The molecule has 0 fully saturated rings. The first-order valence-electron chi connectivity index (χ1n) is 21.2. The second kappa shape index (κ2) is 23.5. The van der Waals surface area contributed by atoms with Gasteiger partial charge in [0.2, 0.25) is 0 Å². The average Bonchev–Trinajstić information content (AvgIpc) is 3.30. The van der Waals surface area contributed by atoms with E-state index < -0.39 is 5.97 Å². The van der Waals surface area contributed by atoms with Gasteiger partial charge in [-0.2, -0.15) is 0 Å². The molecule has 20 N–H and O–H groups in total. The molecule has 1 heterocycles.